The van der Waals surface area contributed by atoms with E-state index in [4.69, 9.17) is 10.5 Å². The molecule has 2 heterocycles. The summed E-state index contributed by atoms with van der Waals surface area (Å²) in [6, 6.07) is 9.87. The van der Waals surface area contributed by atoms with Crippen molar-refractivity contribution in [2.45, 2.75) is 25.7 Å². The highest BCUT2D eigenvalue weighted by atomic mass is 16.5. The lowest BCUT2D eigenvalue weighted by molar-refractivity contribution is -0.109. The third-order valence-corrected chi connectivity index (χ3v) is 4.54. The predicted octanol–water partition coefficient (Wildman–Crippen LogP) is 3.08. The van der Waals surface area contributed by atoms with Crippen molar-refractivity contribution in [3.8, 4) is 11.4 Å². The number of anilines is 1. The van der Waals surface area contributed by atoms with Crippen LogP contribution in [0.5, 0.6) is 5.75 Å². The molecule has 26 heavy (non-hydrogen) atoms. The fourth-order valence-electron chi connectivity index (χ4n) is 3.08. The number of rotatable bonds is 9. The number of unbranched alkanes of at least 4 members (excludes halogenated alkanes) is 2. The maximum atomic E-state index is 10.2. The molecule has 6 heteroatoms. The van der Waals surface area contributed by atoms with Crippen molar-refractivity contribution in [1.29, 1.82) is 0 Å². The summed E-state index contributed by atoms with van der Waals surface area (Å²) in [6.07, 6.45) is 8.55. The number of carbonyl (C=O) groups is 1. The zero-order chi connectivity index (χ0) is 18.4. The zero-order valence-electron chi connectivity index (χ0n) is 14.9. The number of nitrogens with one attached hydrogen (secondary N) is 1. The molecule has 0 atom stereocenters. The molecule has 2 aromatic heterocycles. The number of nitrogens with two attached hydrogens (primary N) is 1. The van der Waals surface area contributed by atoms with E-state index in [9.17, 15) is 4.79 Å². The average molecular weight is 352 g/mol. The number of ether oxygens (including phenoxy) is 1. The quantitative estimate of drug-likeness (QED) is 0.458. The van der Waals surface area contributed by atoms with E-state index >= 15 is 0 Å². The van der Waals surface area contributed by atoms with E-state index in [1.807, 2.05) is 47.3 Å². The Morgan fingerprint density at radius 2 is 2.00 bits per heavy atom. The van der Waals surface area contributed by atoms with Crippen molar-refractivity contribution in [2.24, 2.45) is 0 Å². The molecule has 0 fully saturated rings. The molecular formula is C20H24N4O2. The number of aryl methyl sites for hydroxylation is 1. The van der Waals surface area contributed by atoms with Crippen LogP contribution in [0.1, 0.15) is 24.8 Å². The molecule has 0 saturated carbocycles. The Morgan fingerprint density at radius 1 is 1.19 bits per heavy atom. The smallest absolute Gasteiger partial charge is 0.207 e. The molecule has 1 aromatic carbocycles. The average Bonchev–Trinajstić information content (AvgIpc) is 3.11. The summed E-state index contributed by atoms with van der Waals surface area (Å²) >= 11 is 0. The lowest BCUT2D eigenvalue weighted by atomic mass is 10.1. The van der Waals surface area contributed by atoms with Crippen LogP contribution in [-0.4, -0.2) is 29.6 Å². The number of aromatic nitrogens is 2. The molecule has 1 amide bonds. The van der Waals surface area contributed by atoms with E-state index < -0.39 is 0 Å². The van der Waals surface area contributed by atoms with E-state index in [1.165, 1.54) is 0 Å². The number of pyridine rings is 1. The molecule has 136 valence electrons. The fourth-order valence-corrected chi connectivity index (χ4v) is 3.08. The molecule has 0 aliphatic rings. The van der Waals surface area contributed by atoms with Crippen molar-refractivity contribution >= 4 is 23.1 Å². The third-order valence-electron chi connectivity index (χ3n) is 4.54. The van der Waals surface area contributed by atoms with Crippen LogP contribution in [0, 0.1) is 0 Å². The Kier molecular flexibility index (Phi) is 5.73. The van der Waals surface area contributed by atoms with E-state index in [1.54, 1.807) is 7.11 Å². The lowest BCUT2D eigenvalue weighted by Crippen LogP contribution is -2.11. The first-order valence-corrected chi connectivity index (χ1v) is 8.80. The number of hydrogen-bond donors (Lipinski definition) is 2. The minimum Gasteiger partial charge on any atom is -0.497 e. The van der Waals surface area contributed by atoms with Crippen molar-refractivity contribution in [2.75, 3.05) is 19.4 Å². The summed E-state index contributed by atoms with van der Waals surface area (Å²) in [7, 11) is 1.66. The second-order valence-electron chi connectivity index (χ2n) is 6.20. The van der Waals surface area contributed by atoms with E-state index in [0.717, 1.165) is 72.4 Å². The maximum Gasteiger partial charge on any atom is 0.207 e. The molecular weight excluding hydrogens is 328 g/mol. The minimum atomic E-state index is 0.723. The van der Waals surface area contributed by atoms with Crippen molar-refractivity contribution < 1.29 is 9.53 Å². The number of fused-ring (bicyclic) bond motifs is 1. The van der Waals surface area contributed by atoms with Gasteiger partial charge in [0.05, 0.1) is 7.11 Å². The first-order valence-electron chi connectivity index (χ1n) is 8.80. The first-order chi connectivity index (χ1) is 12.7. The number of carbonyl (C=O) groups excluding carboxylic acids is 1. The molecule has 0 unspecified atom stereocenters. The van der Waals surface area contributed by atoms with Gasteiger partial charge in [-0.15, -0.1) is 0 Å². The van der Waals surface area contributed by atoms with Gasteiger partial charge in [-0.05, 0) is 55.2 Å². The summed E-state index contributed by atoms with van der Waals surface area (Å²) in [5.74, 6) is 0.823. The van der Waals surface area contributed by atoms with Gasteiger partial charge in [0, 0.05) is 35.7 Å². The lowest BCUT2D eigenvalue weighted by Gasteiger charge is -2.09. The number of methoxy groups -OCH3 is 1. The van der Waals surface area contributed by atoms with Crippen LogP contribution in [0.2, 0.25) is 0 Å². The standard InChI is InChI=1S/C20H24N4O2/c1-26-17-8-6-16(7-9-17)24-12-10-18-19(21)15(13-23-20(18)24)5-3-2-4-11-22-14-25/h6-10,12-14H,2-5,11H2,1H3,(H2,21,23)(H,22,25). The molecule has 3 aromatic rings. The number of nitrogen functional groups attached to an aromatic ring is 1. The zero-order valence-corrected chi connectivity index (χ0v) is 14.9. The topological polar surface area (TPSA) is 82.2 Å². The summed E-state index contributed by atoms with van der Waals surface area (Å²) in [5.41, 5.74) is 10.1. The highest BCUT2D eigenvalue weighted by Crippen LogP contribution is 2.27. The highest BCUT2D eigenvalue weighted by Gasteiger charge is 2.11. The predicted molar refractivity (Wildman–Crippen MR) is 104 cm³/mol. The summed E-state index contributed by atoms with van der Waals surface area (Å²) in [6.45, 7) is 0.723. The molecule has 6 nitrogen and oxygen atoms in total. The Morgan fingerprint density at radius 3 is 2.73 bits per heavy atom. The largest absolute Gasteiger partial charge is 0.497 e. The number of nitrogens with zero attached hydrogens (tertiary/aromatic N) is 2. The summed E-state index contributed by atoms with van der Waals surface area (Å²) < 4.78 is 7.24. The second kappa shape index (κ2) is 8.38. The molecule has 0 spiro atoms. The van der Waals surface area contributed by atoms with Gasteiger partial charge in [0.15, 0.2) is 0 Å². The van der Waals surface area contributed by atoms with Gasteiger partial charge in [0.25, 0.3) is 0 Å². The van der Waals surface area contributed by atoms with Crippen LogP contribution in [0.25, 0.3) is 16.7 Å². The number of amides is 1. The van der Waals surface area contributed by atoms with E-state index in [-0.39, 0.29) is 0 Å². The van der Waals surface area contributed by atoms with Crippen LogP contribution in [0.15, 0.2) is 42.7 Å². The van der Waals surface area contributed by atoms with Gasteiger partial charge in [-0.3, -0.25) is 4.79 Å². The van der Waals surface area contributed by atoms with E-state index in [2.05, 4.69) is 10.3 Å². The maximum absolute atomic E-state index is 10.2. The van der Waals surface area contributed by atoms with Crippen LogP contribution in [0.3, 0.4) is 0 Å². The molecule has 0 aliphatic carbocycles. The van der Waals surface area contributed by atoms with Gasteiger partial charge >= 0.3 is 0 Å². The van der Waals surface area contributed by atoms with Gasteiger partial charge in [-0.1, -0.05) is 6.42 Å². The van der Waals surface area contributed by atoms with Gasteiger partial charge in [-0.2, -0.15) is 0 Å². The van der Waals surface area contributed by atoms with Crippen LogP contribution < -0.4 is 15.8 Å². The van der Waals surface area contributed by atoms with E-state index in [0.29, 0.717) is 0 Å². The second-order valence-corrected chi connectivity index (χ2v) is 6.20. The monoisotopic (exact) mass is 352 g/mol. The van der Waals surface area contributed by atoms with Crippen LogP contribution in [-0.2, 0) is 11.2 Å². The molecule has 0 saturated heterocycles. The Labute approximate surface area is 153 Å². The molecule has 0 bridgehead atoms. The first kappa shape index (κ1) is 17.8. The van der Waals surface area contributed by atoms with Gasteiger partial charge < -0.3 is 20.4 Å². The minimum absolute atomic E-state index is 0.723. The fraction of sp³-hybridized carbons (Fsp3) is 0.300. The van der Waals surface area contributed by atoms with Crippen molar-refractivity contribution in [3.05, 3.63) is 48.3 Å². The normalized spacial score (nSPS) is 10.8. The highest BCUT2D eigenvalue weighted by molar-refractivity contribution is 5.91. The van der Waals surface area contributed by atoms with Crippen molar-refractivity contribution in [3.63, 3.8) is 0 Å². The molecule has 0 aliphatic heterocycles. The van der Waals surface area contributed by atoms with Crippen molar-refractivity contribution in [1.82, 2.24) is 14.9 Å². The SMILES string of the molecule is COc1ccc(-n2ccc3c(N)c(CCCCCNC=O)cnc32)cc1. The van der Waals surface area contributed by atoms with Crippen LogP contribution in [0.4, 0.5) is 5.69 Å². The molecule has 3 rings (SSSR count). The van der Waals surface area contributed by atoms with Crippen LogP contribution >= 0.6 is 0 Å². The summed E-state index contributed by atoms with van der Waals surface area (Å²) in [5, 5.41) is 3.65. The molecule has 0 radical (unpaired) electrons. The number of benzene rings is 1. The third kappa shape index (κ3) is 3.79. The Bertz CT molecular complexity index is 871. The van der Waals surface area contributed by atoms with Gasteiger partial charge in [0.1, 0.15) is 11.4 Å². The van der Waals surface area contributed by atoms with Gasteiger partial charge in [-0.25, -0.2) is 4.98 Å². The Hall–Kier alpha value is -3.02. The molecule has 3 N–H and O–H groups in total. The van der Waals surface area contributed by atoms with Gasteiger partial charge in [0.2, 0.25) is 6.41 Å². The Balaban J connectivity index is 1.74. The summed E-state index contributed by atoms with van der Waals surface area (Å²) in [4.78, 5) is 14.9. The number of hydrogen-bond acceptors (Lipinski definition) is 4.